The van der Waals surface area contributed by atoms with Crippen LogP contribution in [0.1, 0.15) is 59.7 Å². The molecule has 0 unspecified atom stereocenters. The molecule has 4 nitrogen and oxygen atoms in total. The fourth-order valence-electron chi connectivity index (χ4n) is 4.97. The Balaban J connectivity index is 0.00000306. The van der Waals surface area contributed by atoms with Crippen molar-refractivity contribution in [3.63, 3.8) is 0 Å². The molecule has 2 aromatic rings. The van der Waals surface area contributed by atoms with E-state index in [1.54, 1.807) is 6.92 Å². The normalized spacial score (nSPS) is 17.1. The van der Waals surface area contributed by atoms with Gasteiger partial charge in [0.15, 0.2) is 5.78 Å². The number of hydrogen-bond donors (Lipinski definition) is 0. The van der Waals surface area contributed by atoms with E-state index in [4.69, 9.17) is 0 Å². The quantitative estimate of drug-likeness (QED) is 0.551. The molecule has 1 amide bonds. The van der Waals surface area contributed by atoms with Gasteiger partial charge in [0, 0.05) is 51.6 Å². The fraction of sp³-hybridized carbons (Fsp3) is 0.481. The van der Waals surface area contributed by atoms with Crippen molar-refractivity contribution in [3.05, 3.63) is 70.5 Å². The van der Waals surface area contributed by atoms with Crippen LogP contribution < -0.4 is 0 Å². The molecule has 2 aliphatic heterocycles. The summed E-state index contributed by atoms with van der Waals surface area (Å²) in [7, 11) is 0. The van der Waals surface area contributed by atoms with Crippen molar-refractivity contribution in [3.8, 4) is 0 Å². The van der Waals surface area contributed by atoms with Crippen LogP contribution in [0.5, 0.6) is 0 Å². The van der Waals surface area contributed by atoms with E-state index in [0.717, 1.165) is 76.0 Å². The first kappa shape index (κ1) is 25.4. The van der Waals surface area contributed by atoms with Gasteiger partial charge >= 0.3 is 0 Å². The smallest absolute Gasteiger partial charge is 0.219 e. The number of benzene rings is 2. The highest BCUT2D eigenvalue weighted by atomic mass is 35.5. The molecule has 2 heterocycles. The third kappa shape index (κ3) is 6.87. The number of likely N-dealkylation sites (tertiary alicyclic amines) is 1. The molecule has 0 aliphatic carbocycles. The number of ketones is 1. The average Bonchev–Trinajstić information content (AvgIpc) is 3.01. The molecule has 33 heavy (non-hydrogen) atoms. The van der Waals surface area contributed by atoms with Crippen LogP contribution in [0.2, 0.25) is 0 Å². The molecule has 4 rings (SSSR count). The number of nitrogens with zero attached hydrogens (tertiary/aromatic N) is 2. The minimum atomic E-state index is -0.198. The summed E-state index contributed by atoms with van der Waals surface area (Å²) >= 11 is 0. The SMILES string of the molecule is CC(=O)N1CCC(CCC(=O)c2ccc3c(c2)CCN(Cc2ccc(F)cc2)CC3)CC1.Cl. The predicted molar refractivity (Wildman–Crippen MR) is 131 cm³/mol. The lowest BCUT2D eigenvalue weighted by atomic mass is 9.89. The second-order valence-electron chi connectivity index (χ2n) is 9.30. The summed E-state index contributed by atoms with van der Waals surface area (Å²) in [5.41, 5.74) is 4.58. The Morgan fingerprint density at radius 3 is 2.27 bits per heavy atom. The maximum atomic E-state index is 13.2. The lowest BCUT2D eigenvalue weighted by Crippen LogP contribution is -2.37. The Morgan fingerprint density at radius 1 is 0.939 bits per heavy atom. The zero-order chi connectivity index (χ0) is 22.5. The minimum Gasteiger partial charge on any atom is -0.343 e. The topological polar surface area (TPSA) is 40.6 Å². The van der Waals surface area contributed by atoms with Crippen LogP contribution in [0.3, 0.4) is 0 Å². The van der Waals surface area contributed by atoms with E-state index in [1.165, 1.54) is 23.3 Å². The van der Waals surface area contributed by atoms with E-state index in [9.17, 15) is 14.0 Å². The number of hydrogen-bond acceptors (Lipinski definition) is 3. The molecule has 0 bridgehead atoms. The number of rotatable bonds is 6. The molecule has 0 atom stereocenters. The van der Waals surface area contributed by atoms with Gasteiger partial charge in [-0.2, -0.15) is 0 Å². The van der Waals surface area contributed by atoms with Gasteiger partial charge in [-0.15, -0.1) is 12.4 Å². The third-order valence-corrected chi connectivity index (χ3v) is 7.08. The van der Waals surface area contributed by atoms with Crippen LogP contribution >= 0.6 is 12.4 Å². The summed E-state index contributed by atoms with van der Waals surface area (Å²) in [6.45, 7) is 6.00. The summed E-state index contributed by atoms with van der Waals surface area (Å²) in [5.74, 6) is 0.723. The van der Waals surface area contributed by atoms with E-state index in [2.05, 4.69) is 17.0 Å². The number of amides is 1. The molecule has 0 N–H and O–H groups in total. The Bertz CT molecular complexity index is 955. The van der Waals surface area contributed by atoms with Gasteiger partial charge in [0.05, 0.1) is 0 Å². The summed E-state index contributed by atoms with van der Waals surface area (Å²) in [6, 6.07) is 13.0. The van der Waals surface area contributed by atoms with Crippen molar-refractivity contribution in [1.29, 1.82) is 0 Å². The van der Waals surface area contributed by atoms with E-state index in [0.29, 0.717) is 12.3 Å². The lowest BCUT2D eigenvalue weighted by Gasteiger charge is -2.31. The van der Waals surface area contributed by atoms with Crippen LogP contribution in [0.25, 0.3) is 0 Å². The lowest BCUT2D eigenvalue weighted by molar-refractivity contribution is -0.130. The molecular weight excluding hydrogens is 439 g/mol. The molecule has 1 fully saturated rings. The van der Waals surface area contributed by atoms with Crippen LogP contribution in [-0.4, -0.2) is 47.7 Å². The molecule has 2 aliphatic rings. The largest absolute Gasteiger partial charge is 0.343 e. The standard InChI is InChI=1S/C27H33FN2O2.ClH/c1-20(31)30-16-10-21(11-17-30)4-9-27(32)25-6-5-23-12-14-29(15-13-24(23)18-25)19-22-2-7-26(28)8-3-22;/h2-3,5-8,18,21H,4,9-17,19H2,1H3;1H. The highest BCUT2D eigenvalue weighted by molar-refractivity contribution is 5.96. The van der Waals surface area contributed by atoms with Gasteiger partial charge in [0.1, 0.15) is 5.82 Å². The number of Topliss-reactive ketones (excluding diaryl/α,β-unsaturated/α-hetero) is 1. The second kappa shape index (κ2) is 11.8. The van der Waals surface area contributed by atoms with Gasteiger partial charge in [-0.05, 0) is 72.9 Å². The van der Waals surface area contributed by atoms with Crippen LogP contribution in [0.15, 0.2) is 42.5 Å². The number of piperidine rings is 1. The molecule has 1 saturated heterocycles. The summed E-state index contributed by atoms with van der Waals surface area (Å²) in [5, 5.41) is 0. The monoisotopic (exact) mass is 472 g/mol. The van der Waals surface area contributed by atoms with Crippen molar-refractivity contribution in [2.75, 3.05) is 26.2 Å². The summed E-state index contributed by atoms with van der Waals surface area (Å²) in [6.07, 6.45) is 5.40. The second-order valence-corrected chi connectivity index (χ2v) is 9.30. The van der Waals surface area contributed by atoms with Crippen molar-refractivity contribution < 1.29 is 14.0 Å². The average molecular weight is 473 g/mol. The first-order valence-electron chi connectivity index (χ1n) is 11.9. The summed E-state index contributed by atoms with van der Waals surface area (Å²) < 4.78 is 13.2. The van der Waals surface area contributed by atoms with Gasteiger partial charge in [-0.3, -0.25) is 14.5 Å². The summed E-state index contributed by atoms with van der Waals surface area (Å²) in [4.78, 5) is 28.6. The van der Waals surface area contributed by atoms with Crippen molar-refractivity contribution >= 4 is 24.1 Å². The molecule has 178 valence electrons. The Labute approximate surface area is 202 Å². The van der Waals surface area contributed by atoms with Crippen LogP contribution in [0.4, 0.5) is 4.39 Å². The van der Waals surface area contributed by atoms with E-state index < -0.39 is 0 Å². The zero-order valence-electron chi connectivity index (χ0n) is 19.4. The molecular formula is C27H34ClFN2O2. The molecule has 0 saturated carbocycles. The van der Waals surface area contributed by atoms with Crippen molar-refractivity contribution in [2.45, 2.75) is 52.0 Å². The molecule has 0 spiro atoms. The van der Waals surface area contributed by atoms with Gasteiger partial charge < -0.3 is 4.90 Å². The minimum absolute atomic E-state index is 0. The van der Waals surface area contributed by atoms with E-state index >= 15 is 0 Å². The first-order valence-corrected chi connectivity index (χ1v) is 11.9. The van der Waals surface area contributed by atoms with E-state index in [1.807, 2.05) is 23.1 Å². The van der Waals surface area contributed by atoms with Gasteiger partial charge in [0.25, 0.3) is 0 Å². The highest BCUT2D eigenvalue weighted by Crippen LogP contribution is 2.24. The maximum absolute atomic E-state index is 13.2. The molecule has 0 aromatic heterocycles. The van der Waals surface area contributed by atoms with Gasteiger partial charge in [-0.1, -0.05) is 24.3 Å². The maximum Gasteiger partial charge on any atom is 0.219 e. The Morgan fingerprint density at radius 2 is 1.61 bits per heavy atom. The number of fused-ring (bicyclic) bond motifs is 1. The van der Waals surface area contributed by atoms with E-state index in [-0.39, 0.29) is 29.9 Å². The molecule has 2 aromatic carbocycles. The highest BCUT2D eigenvalue weighted by Gasteiger charge is 2.22. The predicted octanol–water partition coefficient (Wildman–Crippen LogP) is 5.07. The third-order valence-electron chi connectivity index (χ3n) is 7.08. The van der Waals surface area contributed by atoms with Crippen LogP contribution in [0, 0.1) is 11.7 Å². The Kier molecular flexibility index (Phi) is 9.04. The van der Waals surface area contributed by atoms with Crippen LogP contribution in [-0.2, 0) is 24.2 Å². The molecule has 6 heteroatoms. The Hall–Kier alpha value is -2.24. The van der Waals surface area contributed by atoms with Gasteiger partial charge in [-0.25, -0.2) is 4.39 Å². The zero-order valence-corrected chi connectivity index (χ0v) is 20.2. The number of carbonyl (C=O) groups excluding carboxylic acids is 2. The fourth-order valence-corrected chi connectivity index (χ4v) is 4.97. The van der Waals surface area contributed by atoms with Gasteiger partial charge in [0.2, 0.25) is 5.91 Å². The number of halogens is 2. The first-order chi connectivity index (χ1) is 15.5. The van der Waals surface area contributed by atoms with Crippen molar-refractivity contribution in [1.82, 2.24) is 9.80 Å². The number of carbonyl (C=O) groups is 2. The molecule has 0 radical (unpaired) electrons. The van der Waals surface area contributed by atoms with Crippen molar-refractivity contribution in [2.24, 2.45) is 5.92 Å².